The first-order valence-electron chi connectivity index (χ1n) is 12.0. The summed E-state index contributed by atoms with van der Waals surface area (Å²) < 4.78 is 5.50. The molecular formula is C26H38N2O6. The molecule has 0 fully saturated rings. The normalized spacial score (nSPS) is 19.5. The van der Waals surface area contributed by atoms with E-state index in [0.29, 0.717) is 24.2 Å². The van der Waals surface area contributed by atoms with E-state index in [4.69, 9.17) is 9.57 Å². The summed E-state index contributed by atoms with van der Waals surface area (Å²) in [5.41, 5.74) is 0.841. The molecular weight excluding hydrogens is 436 g/mol. The number of carbonyl (C=O) groups excluding carboxylic acids is 1. The van der Waals surface area contributed by atoms with Gasteiger partial charge >= 0.3 is 5.97 Å². The van der Waals surface area contributed by atoms with Gasteiger partial charge in [0.25, 0.3) is 0 Å². The van der Waals surface area contributed by atoms with Gasteiger partial charge in [0, 0.05) is 25.5 Å². The number of aliphatic hydroxyl groups excluding tert-OH is 1. The zero-order valence-corrected chi connectivity index (χ0v) is 20.4. The van der Waals surface area contributed by atoms with E-state index in [-0.39, 0.29) is 36.2 Å². The molecule has 1 heterocycles. The molecule has 0 bridgehead atoms. The number of phenolic OH excluding ortho intramolecular Hbond substituents is 2. The van der Waals surface area contributed by atoms with E-state index < -0.39 is 12.2 Å². The van der Waals surface area contributed by atoms with Crippen LogP contribution in [0.3, 0.4) is 0 Å². The van der Waals surface area contributed by atoms with Crippen LogP contribution in [0.1, 0.15) is 68.8 Å². The Kier molecular flexibility index (Phi) is 11.6. The molecule has 0 saturated carbocycles. The molecule has 0 spiro atoms. The molecule has 188 valence electrons. The van der Waals surface area contributed by atoms with Crippen molar-refractivity contribution in [3.05, 3.63) is 47.6 Å². The SMILES string of the molecule is CCCCN(CC)C(O)CON=C1C=CCCC=CCC(C)OC(=O)c2c(O)cc(O)cc2C1. The lowest BCUT2D eigenvalue weighted by atomic mass is 9.99. The second-order valence-corrected chi connectivity index (χ2v) is 8.42. The molecule has 0 amide bonds. The number of hydrogen-bond donors (Lipinski definition) is 3. The highest BCUT2D eigenvalue weighted by molar-refractivity contribution is 6.00. The van der Waals surface area contributed by atoms with Gasteiger partial charge in [0.05, 0.1) is 5.71 Å². The molecule has 0 saturated heterocycles. The zero-order chi connectivity index (χ0) is 24.9. The summed E-state index contributed by atoms with van der Waals surface area (Å²) in [6.45, 7) is 7.33. The number of oxime groups is 1. The van der Waals surface area contributed by atoms with Crippen LogP contribution in [0.5, 0.6) is 11.5 Å². The Labute approximate surface area is 202 Å². The number of phenols is 2. The van der Waals surface area contributed by atoms with Crippen molar-refractivity contribution < 1.29 is 29.7 Å². The third-order valence-electron chi connectivity index (χ3n) is 5.54. The van der Waals surface area contributed by atoms with E-state index in [2.05, 4.69) is 12.1 Å². The van der Waals surface area contributed by atoms with Crippen molar-refractivity contribution >= 4 is 11.7 Å². The predicted octanol–water partition coefficient (Wildman–Crippen LogP) is 4.29. The van der Waals surface area contributed by atoms with Crippen LogP contribution in [0.25, 0.3) is 0 Å². The number of hydrogen-bond acceptors (Lipinski definition) is 8. The van der Waals surface area contributed by atoms with Crippen molar-refractivity contribution in [2.24, 2.45) is 5.16 Å². The number of nitrogens with zero attached hydrogens (tertiary/aromatic N) is 2. The number of benzene rings is 1. The van der Waals surface area contributed by atoms with Crippen molar-refractivity contribution in [3.8, 4) is 11.5 Å². The number of aromatic hydroxyl groups is 2. The van der Waals surface area contributed by atoms with E-state index in [1.54, 1.807) is 13.0 Å². The predicted molar refractivity (Wildman–Crippen MR) is 132 cm³/mol. The first-order valence-corrected chi connectivity index (χ1v) is 12.0. The van der Waals surface area contributed by atoms with Crippen LogP contribution in [0.15, 0.2) is 41.6 Å². The standard InChI is InChI=1S/C26H38N2O6/c1-4-6-14-28(5-2)24(31)18-33-27-21-13-11-9-7-8-10-12-19(3)34-26(32)25-20(15-21)16-22(29)17-23(25)30/h8,10-11,13,16-17,19,24,29-31H,4-7,9,12,14-15,18H2,1-3H3. The van der Waals surface area contributed by atoms with Gasteiger partial charge in [-0.05, 0) is 50.4 Å². The van der Waals surface area contributed by atoms with Gasteiger partial charge in [0.15, 0.2) is 6.61 Å². The Bertz CT molecular complexity index is 880. The molecule has 1 aliphatic rings. The molecule has 0 aliphatic carbocycles. The van der Waals surface area contributed by atoms with Crippen molar-refractivity contribution in [3.63, 3.8) is 0 Å². The summed E-state index contributed by atoms with van der Waals surface area (Å²) >= 11 is 0. The molecule has 2 rings (SSSR count). The molecule has 3 N–H and O–H groups in total. The first kappa shape index (κ1) is 27.4. The highest BCUT2D eigenvalue weighted by Gasteiger charge is 2.22. The number of esters is 1. The van der Waals surface area contributed by atoms with Gasteiger partial charge in [-0.2, -0.15) is 0 Å². The average molecular weight is 475 g/mol. The third kappa shape index (κ3) is 8.83. The summed E-state index contributed by atoms with van der Waals surface area (Å²) in [7, 11) is 0. The van der Waals surface area contributed by atoms with E-state index in [1.165, 1.54) is 6.07 Å². The Hall–Kier alpha value is -2.84. The molecule has 1 aromatic carbocycles. The van der Waals surface area contributed by atoms with Crippen molar-refractivity contribution in [1.82, 2.24) is 4.90 Å². The largest absolute Gasteiger partial charge is 0.508 e. The lowest BCUT2D eigenvalue weighted by molar-refractivity contribution is -0.0560. The van der Waals surface area contributed by atoms with Crippen molar-refractivity contribution in [2.45, 2.75) is 71.6 Å². The number of unbranched alkanes of at least 4 members (excludes halogenated alkanes) is 1. The Morgan fingerprint density at radius 2 is 1.97 bits per heavy atom. The second kappa shape index (κ2) is 14.4. The van der Waals surface area contributed by atoms with Crippen LogP contribution in [-0.4, -0.2) is 63.9 Å². The molecule has 0 aromatic heterocycles. The lowest BCUT2D eigenvalue weighted by Crippen LogP contribution is -2.38. The topological polar surface area (TPSA) is 112 Å². The van der Waals surface area contributed by atoms with Crippen molar-refractivity contribution in [2.75, 3.05) is 19.7 Å². The molecule has 2 atom stereocenters. The van der Waals surface area contributed by atoms with Crippen LogP contribution in [0, 0.1) is 0 Å². The smallest absolute Gasteiger partial charge is 0.342 e. The molecule has 8 nitrogen and oxygen atoms in total. The number of fused-ring (bicyclic) bond motifs is 1. The maximum Gasteiger partial charge on any atom is 0.342 e. The first-order chi connectivity index (χ1) is 16.3. The quantitative estimate of drug-likeness (QED) is 0.223. The summed E-state index contributed by atoms with van der Waals surface area (Å²) in [5.74, 6) is -1.20. The van der Waals surface area contributed by atoms with E-state index >= 15 is 0 Å². The van der Waals surface area contributed by atoms with Gasteiger partial charge < -0.3 is 24.9 Å². The van der Waals surface area contributed by atoms with Crippen LogP contribution < -0.4 is 0 Å². The van der Waals surface area contributed by atoms with Crippen LogP contribution in [-0.2, 0) is 16.0 Å². The maximum absolute atomic E-state index is 12.8. The van der Waals surface area contributed by atoms with Gasteiger partial charge in [-0.25, -0.2) is 4.79 Å². The molecule has 2 unspecified atom stereocenters. The van der Waals surface area contributed by atoms with E-state index in [1.807, 2.05) is 30.1 Å². The molecule has 1 aromatic rings. The maximum atomic E-state index is 12.8. The highest BCUT2D eigenvalue weighted by atomic mass is 16.6. The van der Waals surface area contributed by atoms with Gasteiger partial charge in [-0.15, -0.1) is 0 Å². The summed E-state index contributed by atoms with van der Waals surface area (Å²) in [5, 5.41) is 35.1. The van der Waals surface area contributed by atoms with Gasteiger partial charge in [0.1, 0.15) is 29.4 Å². The minimum absolute atomic E-state index is 0.00463. The van der Waals surface area contributed by atoms with Crippen LogP contribution in [0.4, 0.5) is 0 Å². The number of cyclic esters (lactones) is 1. The number of rotatable bonds is 8. The number of aliphatic hydroxyl groups is 1. The third-order valence-corrected chi connectivity index (χ3v) is 5.54. The fourth-order valence-corrected chi connectivity index (χ4v) is 3.64. The summed E-state index contributed by atoms with van der Waals surface area (Å²) in [4.78, 5) is 20.2. The van der Waals surface area contributed by atoms with Crippen molar-refractivity contribution in [1.29, 1.82) is 0 Å². The number of allylic oxidation sites excluding steroid dienone is 3. The molecule has 0 radical (unpaired) electrons. The summed E-state index contributed by atoms with van der Waals surface area (Å²) in [6.07, 6.45) is 10.9. The average Bonchev–Trinajstić information content (AvgIpc) is 2.77. The molecule has 1 aliphatic heterocycles. The van der Waals surface area contributed by atoms with E-state index in [9.17, 15) is 20.1 Å². The van der Waals surface area contributed by atoms with Gasteiger partial charge in [-0.3, -0.25) is 4.90 Å². The number of likely N-dealkylation sites (N-methyl/N-ethyl adjacent to an activating group) is 1. The van der Waals surface area contributed by atoms with Gasteiger partial charge in [-0.1, -0.05) is 43.7 Å². The monoisotopic (exact) mass is 474 g/mol. The number of ether oxygens (including phenoxy) is 1. The lowest BCUT2D eigenvalue weighted by Gasteiger charge is -2.25. The highest BCUT2D eigenvalue weighted by Crippen LogP contribution is 2.29. The Balaban J connectivity index is 2.28. The molecule has 8 heteroatoms. The van der Waals surface area contributed by atoms with Crippen LogP contribution in [0.2, 0.25) is 0 Å². The van der Waals surface area contributed by atoms with Crippen LogP contribution >= 0.6 is 0 Å². The zero-order valence-electron chi connectivity index (χ0n) is 20.4. The summed E-state index contributed by atoms with van der Waals surface area (Å²) in [6, 6.07) is 2.53. The minimum atomic E-state index is -0.787. The fourth-order valence-electron chi connectivity index (χ4n) is 3.64. The minimum Gasteiger partial charge on any atom is -0.508 e. The molecule has 34 heavy (non-hydrogen) atoms. The fraction of sp³-hybridized carbons (Fsp3) is 0.538. The Morgan fingerprint density at radius 3 is 2.71 bits per heavy atom. The number of carbonyl (C=O) groups is 1. The van der Waals surface area contributed by atoms with E-state index in [0.717, 1.165) is 38.3 Å². The Morgan fingerprint density at radius 1 is 1.21 bits per heavy atom. The second-order valence-electron chi connectivity index (χ2n) is 8.42. The van der Waals surface area contributed by atoms with Gasteiger partial charge in [0.2, 0.25) is 0 Å².